The summed E-state index contributed by atoms with van der Waals surface area (Å²) in [6.07, 6.45) is 1.46. The van der Waals surface area contributed by atoms with E-state index in [1.165, 1.54) is 0 Å². The van der Waals surface area contributed by atoms with E-state index in [2.05, 4.69) is 0 Å². The average Bonchev–Trinajstić information content (AvgIpc) is 3.31. The van der Waals surface area contributed by atoms with Crippen LogP contribution < -0.4 is 0 Å². The summed E-state index contributed by atoms with van der Waals surface area (Å²) in [7, 11) is -3.42. The molecule has 4 unspecified atom stereocenters. The first-order valence-electron chi connectivity index (χ1n) is 9.50. The second kappa shape index (κ2) is 10.4. The van der Waals surface area contributed by atoms with Gasteiger partial charge in [0.1, 0.15) is 6.10 Å². The Morgan fingerprint density at radius 2 is 1.33 bits per heavy atom. The predicted molar refractivity (Wildman–Crippen MR) is 115 cm³/mol. The normalized spacial score (nSPS) is 26.3. The first kappa shape index (κ1) is 23.5. The molecule has 2 fully saturated rings. The van der Waals surface area contributed by atoms with Crippen LogP contribution in [0.15, 0.2) is 48.5 Å². The van der Waals surface area contributed by atoms with Gasteiger partial charge in [0.25, 0.3) is 10.1 Å². The summed E-state index contributed by atoms with van der Waals surface area (Å²) in [6.45, 7) is 0.730. The quantitative estimate of drug-likeness (QED) is 0.664. The first-order valence-corrected chi connectivity index (χ1v) is 12.1. The Bertz CT molecular complexity index is 918. The Morgan fingerprint density at radius 3 is 1.77 bits per heavy atom. The largest absolute Gasteiger partial charge is 0.391 e. The summed E-state index contributed by atoms with van der Waals surface area (Å²) in [6, 6.07) is 14.9. The van der Waals surface area contributed by atoms with Crippen molar-refractivity contribution >= 4 is 33.3 Å². The van der Waals surface area contributed by atoms with Crippen LogP contribution in [0.5, 0.6) is 0 Å². The smallest absolute Gasteiger partial charge is 0.264 e. The molecule has 30 heavy (non-hydrogen) atoms. The Kier molecular flexibility index (Phi) is 8.15. The summed E-state index contributed by atoms with van der Waals surface area (Å²) in [5.41, 5.74) is 2.06. The number of aliphatic hydroxyl groups excluding tert-OH is 1. The van der Waals surface area contributed by atoms with E-state index in [-0.39, 0.29) is 18.3 Å². The van der Waals surface area contributed by atoms with Gasteiger partial charge in [0, 0.05) is 22.9 Å². The minimum Gasteiger partial charge on any atom is -0.391 e. The molecule has 0 bridgehead atoms. The van der Waals surface area contributed by atoms with E-state index in [4.69, 9.17) is 36.9 Å². The molecule has 2 aliphatic heterocycles. The van der Waals surface area contributed by atoms with Gasteiger partial charge in [-0.25, -0.2) is 0 Å². The van der Waals surface area contributed by atoms with Crippen molar-refractivity contribution in [3.05, 3.63) is 69.7 Å². The lowest BCUT2D eigenvalue weighted by Gasteiger charge is -2.09. The van der Waals surface area contributed by atoms with Crippen LogP contribution in [0.1, 0.15) is 36.2 Å². The molecule has 0 radical (unpaired) electrons. The van der Waals surface area contributed by atoms with Crippen LogP contribution in [0.25, 0.3) is 0 Å². The average molecular weight is 475 g/mol. The highest BCUT2D eigenvalue weighted by Gasteiger charge is 2.29. The summed E-state index contributed by atoms with van der Waals surface area (Å²) in [5.74, 6) is 0. The van der Waals surface area contributed by atoms with Crippen molar-refractivity contribution in [3.8, 4) is 0 Å². The Labute approximate surface area is 186 Å². The van der Waals surface area contributed by atoms with E-state index in [1.807, 2.05) is 36.4 Å². The summed E-state index contributed by atoms with van der Waals surface area (Å²) in [4.78, 5) is 0. The standard InChI is InChI=1S/C11H13ClO4S.C10H11ClO2/c1-17(13,14)16-10-6-11(15-7-10)8-2-4-9(12)5-3-8;11-8-3-1-7(2-4-8)10-5-9(12)6-13-10/h2-5,10-11H,6-7H2,1H3;1-4,9-10,12H,5-6H2. The van der Waals surface area contributed by atoms with E-state index in [0.717, 1.165) is 22.4 Å². The van der Waals surface area contributed by atoms with E-state index >= 15 is 0 Å². The molecule has 9 heteroatoms. The van der Waals surface area contributed by atoms with Gasteiger partial charge in [0.15, 0.2) is 0 Å². The fourth-order valence-electron chi connectivity index (χ4n) is 3.34. The summed E-state index contributed by atoms with van der Waals surface area (Å²) >= 11 is 11.5. The van der Waals surface area contributed by atoms with Crippen LogP contribution in [0.3, 0.4) is 0 Å². The fourth-order valence-corrected chi connectivity index (χ4v) is 4.22. The van der Waals surface area contributed by atoms with Crippen LogP contribution >= 0.6 is 23.2 Å². The molecule has 2 aliphatic rings. The van der Waals surface area contributed by atoms with Gasteiger partial charge >= 0.3 is 0 Å². The van der Waals surface area contributed by atoms with Crippen molar-refractivity contribution in [3.63, 3.8) is 0 Å². The maximum absolute atomic E-state index is 11.0. The van der Waals surface area contributed by atoms with Crippen molar-refractivity contribution < 1.29 is 27.2 Å². The molecule has 0 spiro atoms. The predicted octanol–water partition coefficient (Wildman–Crippen LogP) is 4.31. The topological polar surface area (TPSA) is 82.1 Å². The van der Waals surface area contributed by atoms with Crippen LogP contribution in [-0.2, 0) is 23.8 Å². The molecule has 0 saturated carbocycles. The fraction of sp³-hybridized carbons (Fsp3) is 0.429. The molecule has 2 saturated heterocycles. The number of hydrogen-bond donors (Lipinski definition) is 1. The van der Waals surface area contributed by atoms with Gasteiger partial charge in [-0.3, -0.25) is 4.18 Å². The van der Waals surface area contributed by atoms with Gasteiger partial charge in [0.05, 0.1) is 37.8 Å². The maximum atomic E-state index is 11.0. The molecule has 0 aliphatic carbocycles. The van der Waals surface area contributed by atoms with E-state index < -0.39 is 16.2 Å². The van der Waals surface area contributed by atoms with Gasteiger partial charge in [0.2, 0.25) is 0 Å². The first-order chi connectivity index (χ1) is 14.2. The lowest BCUT2D eigenvalue weighted by atomic mass is 10.1. The highest BCUT2D eigenvalue weighted by atomic mass is 35.5. The zero-order valence-corrected chi connectivity index (χ0v) is 18.7. The van der Waals surface area contributed by atoms with Gasteiger partial charge in [-0.05, 0) is 35.4 Å². The molecular formula is C21H24Cl2O6S. The number of benzene rings is 2. The second-order valence-corrected chi connectivity index (χ2v) is 9.77. The lowest BCUT2D eigenvalue weighted by Crippen LogP contribution is -2.17. The molecule has 0 aromatic heterocycles. The van der Waals surface area contributed by atoms with Gasteiger partial charge < -0.3 is 14.6 Å². The molecule has 164 valence electrons. The van der Waals surface area contributed by atoms with Crippen molar-refractivity contribution in [1.82, 2.24) is 0 Å². The highest BCUT2D eigenvalue weighted by Crippen LogP contribution is 2.31. The Morgan fingerprint density at radius 1 is 0.867 bits per heavy atom. The zero-order valence-electron chi connectivity index (χ0n) is 16.4. The van der Waals surface area contributed by atoms with Gasteiger partial charge in [-0.15, -0.1) is 0 Å². The molecule has 2 aromatic carbocycles. The van der Waals surface area contributed by atoms with Crippen molar-refractivity contribution in [1.29, 1.82) is 0 Å². The molecule has 4 rings (SSSR count). The molecule has 0 amide bonds. The number of rotatable bonds is 4. The number of hydrogen-bond acceptors (Lipinski definition) is 6. The molecule has 6 nitrogen and oxygen atoms in total. The van der Waals surface area contributed by atoms with Crippen LogP contribution in [0, 0.1) is 0 Å². The third-order valence-corrected chi connectivity index (χ3v) is 5.86. The van der Waals surface area contributed by atoms with Crippen molar-refractivity contribution in [2.75, 3.05) is 19.5 Å². The molecule has 2 aromatic rings. The van der Waals surface area contributed by atoms with E-state index in [1.54, 1.807) is 12.1 Å². The second-order valence-electron chi connectivity index (χ2n) is 7.29. The highest BCUT2D eigenvalue weighted by molar-refractivity contribution is 7.86. The van der Waals surface area contributed by atoms with Crippen LogP contribution in [0.4, 0.5) is 0 Å². The third-order valence-electron chi connectivity index (χ3n) is 4.73. The number of ether oxygens (including phenoxy) is 2. The molecule has 2 heterocycles. The Balaban J connectivity index is 0.000000177. The SMILES string of the molecule is CS(=O)(=O)OC1COC(c2ccc(Cl)cc2)C1.OC1COC(c2ccc(Cl)cc2)C1. The van der Waals surface area contributed by atoms with Gasteiger partial charge in [-0.1, -0.05) is 47.5 Å². The maximum Gasteiger partial charge on any atom is 0.264 e. The summed E-state index contributed by atoms with van der Waals surface area (Å²) < 4.78 is 37.8. The molecule has 1 N–H and O–H groups in total. The number of aliphatic hydroxyl groups is 1. The minimum absolute atomic E-state index is 0.0345. The van der Waals surface area contributed by atoms with Crippen molar-refractivity contribution in [2.45, 2.75) is 37.3 Å². The van der Waals surface area contributed by atoms with E-state index in [9.17, 15) is 13.5 Å². The molecular weight excluding hydrogens is 451 g/mol. The number of halogens is 2. The van der Waals surface area contributed by atoms with Crippen LogP contribution in [-0.4, -0.2) is 45.2 Å². The van der Waals surface area contributed by atoms with Crippen molar-refractivity contribution in [2.24, 2.45) is 0 Å². The summed E-state index contributed by atoms with van der Waals surface area (Å²) in [5, 5.41) is 10.7. The minimum atomic E-state index is -3.42. The Hall–Kier alpha value is -1.19. The van der Waals surface area contributed by atoms with Crippen LogP contribution in [0.2, 0.25) is 10.0 Å². The van der Waals surface area contributed by atoms with Gasteiger partial charge in [-0.2, -0.15) is 8.42 Å². The zero-order chi connectivity index (χ0) is 21.7. The molecule has 4 atom stereocenters. The van der Waals surface area contributed by atoms with E-state index in [0.29, 0.717) is 31.1 Å². The monoisotopic (exact) mass is 474 g/mol. The third kappa shape index (κ3) is 7.20. The lowest BCUT2D eigenvalue weighted by molar-refractivity contribution is 0.0888.